The van der Waals surface area contributed by atoms with Gasteiger partial charge in [0.1, 0.15) is 0 Å². The highest BCUT2D eigenvalue weighted by atomic mass is 79.9. The van der Waals surface area contributed by atoms with E-state index in [0.717, 1.165) is 11.4 Å². The number of pyridine rings is 1. The normalized spacial score (nSPS) is 13.7. The number of aliphatic hydroxyl groups is 1. The van der Waals surface area contributed by atoms with Crippen molar-refractivity contribution in [3.63, 3.8) is 0 Å². The molecule has 0 fully saturated rings. The van der Waals surface area contributed by atoms with E-state index in [0.29, 0.717) is 10.1 Å². The number of rotatable bonds is 4. The summed E-state index contributed by atoms with van der Waals surface area (Å²) in [6.45, 7) is 8.21. The van der Waals surface area contributed by atoms with Crippen LogP contribution < -0.4 is 0 Å². The van der Waals surface area contributed by atoms with E-state index in [2.05, 4.69) is 34.8 Å². The molecule has 0 radical (unpaired) electrons. The molecule has 1 atom stereocenters. The van der Waals surface area contributed by atoms with E-state index >= 15 is 0 Å². The van der Waals surface area contributed by atoms with Gasteiger partial charge in [-0.3, -0.25) is 4.40 Å². The Morgan fingerprint density at radius 3 is 2.50 bits per heavy atom. The Bertz CT molecular complexity index is 622. The van der Waals surface area contributed by atoms with Gasteiger partial charge >= 0.3 is 0 Å². The van der Waals surface area contributed by atoms with E-state index in [4.69, 9.17) is 0 Å². The second kappa shape index (κ2) is 5.82. The number of aromatic nitrogens is 2. The van der Waals surface area contributed by atoms with Gasteiger partial charge in [-0.2, -0.15) is 0 Å². The first kappa shape index (κ1) is 15.4. The Morgan fingerprint density at radius 2 is 2.00 bits per heavy atom. The van der Waals surface area contributed by atoms with Gasteiger partial charge in [-0.1, -0.05) is 27.7 Å². The van der Waals surface area contributed by atoms with Crippen LogP contribution in [0.5, 0.6) is 0 Å². The minimum absolute atomic E-state index is 0.0271. The van der Waals surface area contributed by atoms with Crippen molar-refractivity contribution in [3.8, 4) is 0 Å². The van der Waals surface area contributed by atoms with Crippen LogP contribution in [0, 0.1) is 11.7 Å². The van der Waals surface area contributed by atoms with Crippen molar-refractivity contribution in [1.29, 1.82) is 0 Å². The summed E-state index contributed by atoms with van der Waals surface area (Å²) in [6.07, 6.45) is 1.82. The van der Waals surface area contributed by atoms with Crippen molar-refractivity contribution >= 4 is 21.6 Å². The predicted octanol–water partition coefficient (Wildman–Crippen LogP) is 4.09. The molecule has 0 aromatic carbocycles. The SMILES string of the molecule is CC(C)c1nc2c(F)cc(Br)cn2c1C(CO)C(C)C. The molecule has 0 saturated heterocycles. The van der Waals surface area contributed by atoms with Gasteiger partial charge in [0.05, 0.1) is 18.0 Å². The molecule has 1 unspecified atom stereocenters. The summed E-state index contributed by atoms with van der Waals surface area (Å²) < 4.78 is 16.5. The molecule has 2 rings (SSSR count). The Balaban J connectivity index is 2.80. The van der Waals surface area contributed by atoms with Gasteiger partial charge in [-0.05, 0) is 33.8 Å². The van der Waals surface area contributed by atoms with Crippen molar-refractivity contribution in [2.45, 2.75) is 39.5 Å². The van der Waals surface area contributed by atoms with Crippen LogP contribution in [-0.2, 0) is 0 Å². The summed E-state index contributed by atoms with van der Waals surface area (Å²) in [5.74, 6) is 0.0133. The average Bonchev–Trinajstić information content (AvgIpc) is 2.70. The number of nitrogens with zero attached hydrogens (tertiary/aromatic N) is 2. The fourth-order valence-corrected chi connectivity index (χ4v) is 2.92. The van der Waals surface area contributed by atoms with Crippen LogP contribution in [-0.4, -0.2) is 21.1 Å². The standard InChI is InChI=1S/C15H20BrFN2O/c1-8(2)11(7-20)14-13(9(3)4)18-15-12(17)5-10(16)6-19(14)15/h5-6,8-9,11,20H,7H2,1-4H3. The molecule has 0 aliphatic rings. The number of hydrogen-bond donors (Lipinski definition) is 1. The second-order valence-electron chi connectivity index (χ2n) is 5.77. The Hall–Kier alpha value is -0.940. The fraction of sp³-hybridized carbons (Fsp3) is 0.533. The van der Waals surface area contributed by atoms with Crippen molar-refractivity contribution in [2.24, 2.45) is 5.92 Å². The Morgan fingerprint density at radius 1 is 1.35 bits per heavy atom. The third-order valence-electron chi connectivity index (χ3n) is 3.61. The highest BCUT2D eigenvalue weighted by molar-refractivity contribution is 9.10. The summed E-state index contributed by atoms with van der Waals surface area (Å²) in [7, 11) is 0. The molecule has 2 aromatic rings. The van der Waals surface area contributed by atoms with Crippen LogP contribution >= 0.6 is 15.9 Å². The fourth-order valence-electron chi connectivity index (χ4n) is 2.51. The molecule has 1 N–H and O–H groups in total. The van der Waals surface area contributed by atoms with E-state index < -0.39 is 0 Å². The van der Waals surface area contributed by atoms with Gasteiger partial charge in [0, 0.05) is 16.6 Å². The molecular formula is C15H20BrFN2O. The number of hydrogen-bond acceptors (Lipinski definition) is 2. The lowest BCUT2D eigenvalue weighted by molar-refractivity contribution is 0.233. The maximum Gasteiger partial charge on any atom is 0.173 e. The summed E-state index contributed by atoms with van der Waals surface area (Å²) in [5, 5.41) is 9.73. The first-order valence-corrected chi connectivity index (χ1v) is 7.63. The Kier molecular flexibility index (Phi) is 4.49. The highest BCUT2D eigenvalue weighted by Crippen LogP contribution is 2.33. The van der Waals surface area contributed by atoms with E-state index in [9.17, 15) is 9.50 Å². The van der Waals surface area contributed by atoms with Crippen molar-refractivity contribution in [1.82, 2.24) is 9.38 Å². The zero-order valence-corrected chi connectivity index (χ0v) is 13.8. The molecular weight excluding hydrogens is 323 g/mol. The van der Waals surface area contributed by atoms with Crippen LogP contribution in [0.2, 0.25) is 0 Å². The largest absolute Gasteiger partial charge is 0.396 e. The smallest absolute Gasteiger partial charge is 0.173 e. The van der Waals surface area contributed by atoms with Gasteiger partial charge in [0.25, 0.3) is 0 Å². The first-order chi connectivity index (χ1) is 9.36. The van der Waals surface area contributed by atoms with Gasteiger partial charge in [0.15, 0.2) is 11.5 Å². The molecule has 0 spiro atoms. The highest BCUT2D eigenvalue weighted by Gasteiger charge is 2.26. The van der Waals surface area contributed by atoms with E-state index in [1.165, 1.54) is 6.07 Å². The zero-order chi connectivity index (χ0) is 15.0. The van der Waals surface area contributed by atoms with Crippen LogP contribution in [0.1, 0.15) is 50.9 Å². The maximum atomic E-state index is 14.1. The molecule has 2 heterocycles. The molecule has 0 amide bonds. The summed E-state index contributed by atoms with van der Waals surface area (Å²) in [4.78, 5) is 4.46. The number of fused-ring (bicyclic) bond motifs is 1. The molecule has 20 heavy (non-hydrogen) atoms. The van der Waals surface area contributed by atoms with Gasteiger partial charge in [-0.25, -0.2) is 9.37 Å². The second-order valence-corrected chi connectivity index (χ2v) is 6.69. The predicted molar refractivity (Wildman–Crippen MR) is 81.6 cm³/mol. The molecule has 0 saturated carbocycles. The maximum absolute atomic E-state index is 14.1. The molecule has 3 nitrogen and oxygen atoms in total. The topological polar surface area (TPSA) is 37.5 Å². The lowest BCUT2D eigenvalue weighted by Gasteiger charge is -2.20. The zero-order valence-electron chi connectivity index (χ0n) is 12.2. The molecule has 2 aromatic heterocycles. The molecule has 0 bridgehead atoms. The third-order valence-corrected chi connectivity index (χ3v) is 4.04. The Labute approximate surface area is 127 Å². The first-order valence-electron chi connectivity index (χ1n) is 6.84. The summed E-state index contributed by atoms with van der Waals surface area (Å²) >= 11 is 3.32. The molecule has 0 aliphatic carbocycles. The van der Waals surface area contributed by atoms with Crippen molar-refractivity contribution in [3.05, 3.63) is 33.9 Å². The summed E-state index contributed by atoms with van der Waals surface area (Å²) in [6, 6.07) is 1.42. The molecule has 0 aliphatic heterocycles. The minimum atomic E-state index is -0.354. The van der Waals surface area contributed by atoms with Crippen LogP contribution in [0.15, 0.2) is 16.7 Å². The summed E-state index contributed by atoms with van der Waals surface area (Å²) in [5.41, 5.74) is 2.09. The van der Waals surface area contributed by atoms with E-state index in [1.54, 1.807) is 4.40 Å². The lowest BCUT2D eigenvalue weighted by atomic mass is 9.90. The molecule has 110 valence electrons. The lowest BCUT2D eigenvalue weighted by Crippen LogP contribution is -2.16. The van der Waals surface area contributed by atoms with Gasteiger partial charge < -0.3 is 5.11 Å². The van der Waals surface area contributed by atoms with Gasteiger partial charge in [0.2, 0.25) is 0 Å². The molecule has 5 heteroatoms. The third kappa shape index (κ3) is 2.61. The van der Waals surface area contributed by atoms with E-state index in [-0.39, 0.29) is 30.2 Å². The van der Waals surface area contributed by atoms with Crippen LogP contribution in [0.3, 0.4) is 0 Å². The van der Waals surface area contributed by atoms with Crippen LogP contribution in [0.4, 0.5) is 4.39 Å². The number of aliphatic hydroxyl groups excluding tert-OH is 1. The number of halogens is 2. The minimum Gasteiger partial charge on any atom is -0.396 e. The quantitative estimate of drug-likeness (QED) is 0.908. The van der Waals surface area contributed by atoms with Crippen molar-refractivity contribution in [2.75, 3.05) is 6.61 Å². The monoisotopic (exact) mass is 342 g/mol. The number of imidazole rings is 1. The van der Waals surface area contributed by atoms with Crippen LogP contribution in [0.25, 0.3) is 5.65 Å². The average molecular weight is 343 g/mol. The van der Waals surface area contributed by atoms with Gasteiger partial charge in [-0.15, -0.1) is 0 Å². The van der Waals surface area contributed by atoms with Crippen molar-refractivity contribution < 1.29 is 9.50 Å². The van der Waals surface area contributed by atoms with E-state index in [1.807, 2.05) is 20.0 Å².